The van der Waals surface area contributed by atoms with Crippen molar-refractivity contribution in [3.8, 4) is 0 Å². The molecule has 1 saturated carbocycles. The van der Waals surface area contributed by atoms with Gasteiger partial charge in [0.1, 0.15) is 5.54 Å². The van der Waals surface area contributed by atoms with Gasteiger partial charge in [0.25, 0.3) is 0 Å². The van der Waals surface area contributed by atoms with Gasteiger partial charge in [0.05, 0.1) is 25.2 Å². The van der Waals surface area contributed by atoms with Crippen LogP contribution in [0.1, 0.15) is 31.2 Å². The van der Waals surface area contributed by atoms with Crippen LogP contribution in [0.4, 0.5) is 0 Å². The summed E-state index contributed by atoms with van der Waals surface area (Å²) in [5.41, 5.74) is -1.06. The molecule has 1 aromatic rings. The third kappa shape index (κ3) is 2.95. The molecule has 0 aliphatic heterocycles. The second-order valence-electron chi connectivity index (χ2n) is 5.86. The zero-order chi connectivity index (χ0) is 15.3. The number of rotatable bonds is 6. The van der Waals surface area contributed by atoms with Crippen LogP contribution in [0.15, 0.2) is 30.3 Å². The van der Waals surface area contributed by atoms with Gasteiger partial charge in [0.15, 0.2) is 0 Å². The van der Waals surface area contributed by atoms with Gasteiger partial charge < -0.3 is 20.6 Å². The normalized spacial score (nSPS) is 17.7. The second-order valence-corrected chi connectivity index (χ2v) is 5.86. The van der Waals surface area contributed by atoms with Crippen LogP contribution in [-0.2, 0) is 10.2 Å². The van der Waals surface area contributed by atoms with Crippen LogP contribution in [0.2, 0.25) is 0 Å². The van der Waals surface area contributed by atoms with Crippen LogP contribution >= 0.6 is 0 Å². The molecule has 0 unspecified atom stereocenters. The van der Waals surface area contributed by atoms with E-state index < -0.39 is 30.8 Å². The smallest absolute Gasteiger partial charge is 0.231 e. The molecule has 5 heteroatoms. The van der Waals surface area contributed by atoms with Gasteiger partial charge in [0, 0.05) is 0 Å². The Morgan fingerprint density at radius 1 is 1.05 bits per heavy atom. The van der Waals surface area contributed by atoms with Crippen molar-refractivity contribution in [1.29, 1.82) is 0 Å². The Labute approximate surface area is 124 Å². The quantitative estimate of drug-likeness (QED) is 0.608. The van der Waals surface area contributed by atoms with E-state index in [1.807, 2.05) is 30.3 Å². The Morgan fingerprint density at radius 3 is 2.05 bits per heavy atom. The molecule has 0 atom stereocenters. The lowest BCUT2D eigenvalue weighted by atomic mass is 9.77. The lowest BCUT2D eigenvalue weighted by Gasteiger charge is -2.35. The average Bonchev–Trinajstić information content (AvgIpc) is 3.04. The maximum absolute atomic E-state index is 12.8. The number of carbonyl (C=O) groups excluding carboxylic acids is 1. The standard InChI is InChI=1S/C16H23NO4/c18-10-15(11-19,12-20)17-14(21)16(8-4-5-9-16)13-6-2-1-3-7-13/h1-3,6-7,18-20H,4-5,8-12H2,(H,17,21). The minimum absolute atomic E-state index is 0.233. The van der Waals surface area contributed by atoms with Crippen molar-refractivity contribution in [3.63, 3.8) is 0 Å². The fraction of sp³-hybridized carbons (Fsp3) is 0.562. The largest absolute Gasteiger partial charge is 0.394 e. The van der Waals surface area contributed by atoms with E-state index in [9.17, 15) is 20.1 Å². The van der Waals surface area contributed by atoms with Crippen LogP contribution < -0.4 is 5.32 Å². The molecule has 116 valence electrons. The second kappa shape index (κ2) is 6.56. The van der Waals surface area contributed by atoms with Gasteiger partial charge >= 0.3 is 0 Å². The van der Waals surface area contributed by atoms with Crippen molar-refractivity contribution in [2.75, 3.05) is 19.8 Å². The summed E-state index contributed by atoms with van der Waals surface area (Å²) in [6, 6.07) is 9.58. The Hall–Kier alpha value is -1.43. The fourth-order valence-electron chi connectivity index (χ4n) is 3.01. The van der Waals surface area contributed by atoms with Crippen molar-refractivity contribution in [3.05, 3.63) is 35.9 Å². The van der Waals surface area contributed by atoms with E-state index in [0.717, 1.165) is 31.2 Å². The summed E-state index contributed by atoms with van der Waals surface area (Å²) < 4.78 is 0. The summed E-state index contributed by atoms with van der Waals surface area (Å²) in [6.45, 7) is -1.51. The summed E-state index contributed by atoms with van der Waals surface area (Å²) >= 11 is 0. The third-order valence-electron chi connectivity index (χ3n) is 4.50. The monoisotopic (exact) mass is 293 g/mol. The molecular formula is C16H23NO4. The van der Waals surface area contributed by atoms with Crippen LogP contribution in [0.3, 0.4) is 0 Å². The highest BCUT2D eigenvalue weighted by atomic mass is 16.3. The average molecular weight is 293 g/mol. The van der Waals surface area contributed by atoms with Crippen molar-refractivity contribution in [2.45, 2.75) is 36.6 Å². The molecule has 0 saturated heterocycles. The predicted octanol–water partition coefficient (Wildman–Crippen LogP) is 0.330. The lowest BCUT2D eigenvalue weighted by molar-refractivity contribution is -0.131. The fourth-order valence-corrected chi connectivity index (χ4v) is 3.01. The number of hydrogen-bond acceptors (Lipinski definition) is 4. The molecule has 2 rings (SSSR count). The Balaban J connectivity index is 2.29. The number of benzene rings is 1. The first kappa shape index (κ1) is 15.9. The minimum Gasteiger partial charge on any atom is -0.394 e. The molecule has 1 aliphatic rings. The Kier molecular flexibility index (Phi) is 4.98. The van der Waals surface area contributed by atoms with E-state index in [0.29, 0.717) is 0 Å². The van der Waals surface area contributed by atoms with E-state index in [2.05, 4.69) is 5.32 Å². The van der Waals surface area contributed by atoms with Crippen LogP contribution in [0, 0.1) is 0 Å². The Bertz CT molecular complexity index is 456. The highest BCUT2D eigenvalue weighted by Crippen LogP contribution is 2.41. The highest BCUT2D eigenvalue weighted by molar-refractivity contribution is 5.89. The first-order valence-corrected chi connectivity index (χ1v) is 7.33. The molecule has 21 heavy (non-hydrogen) atoms. The van der Waals surface area contributed by atoms with Crippen molar-refractivity contribution in [2.24, 2.45) is 0 Å². The van der Waals surface area contributed by atoms with E-state index in [4.69, 9.17) is 0 Å². The van der Waals surface area contributed by atoms with Crippen LogP contribution in [0.5, 0.6) is 0 Å². The zero-order valence-electron chi connectivity index (χ0n) is 12.1. The van der Waals surface area contributed by atoms with Crippen molar-refractivity contribution >= 4 is 5.91 Å². The first-order valence-electron chi connectivity index (χ1n) is 7.33. The third-order valence-corrected chi connectivity index (χ3v) is 4.50. The van der Waals surface area contributed by atoms with Gasteiger partial charge in [-0.05, 0) is 18.4 Å². The zero-order valence-corrected chi connectivity index (χ0v) is 12.1. The molecule has 0 heterocycles. The van der Waals surface area contributed by atoms with Crippen molar-refractivity contribution in [1.82, 2.24) is 5.32 Å². The molecule has 4 N–H and O–H groups in total. The summed E-state index contributed by atoms with van der Waals surface area (Å²) in [5, 5.41) is 30.8. The van der Waals surface area contributed by atoms with Gasteiger partial charge in [-0.1, -0.05) is 43.2 Å². The van der Waals surface area contributed by atoms with Crippen LogP contribution in [0.25, 0.3) is 0 Å². The molecule has 0 radical (unpaired) electrons. The maximum atomic E-state index is 12.8. The number of hydrogen-bond donors (Lipinski definition) is 4. The highest BCUT2D eigenvalue weighted by Gasteiger charge is 2.45. The molecule has 1 fully saturated rings. The molecule has 5 nitrogen and oxygen atoms in total. The number of aliphatic hydroxyl groups excluding tert-OH is 3. The SMILES string of the molecule is O=C(NC(CO)(CO)CO)C1(c2ccccc2)CCCC1. The van der Waals surface area contributed by atoms with E-state index in [-0.39, 0.29) is 5.91 Å². The summed E-state index contributed by atoms with van der Waals surface area (Å²) in [5.74, 6) is -0.233. The molecular weight excluding hydrogens is 270 g/mol. The number of amides is 1. The van der Waals surface area contributed by atoms with Gasteiger partial charge in [-0.3, -0.25) is 4.79 Å². The summed E-state index contributed by atoms with van der Waals surface area (Å²) in [6.07, 6.45) is 3.40. The van der Waals surface area contributed by atoms with E-state index in [1.165, 1.54) is 0 Å². The molecule has 0 bridgehead atoms. The van der Waals surface area contributed by atoms with E-state index >= 15 is 0 Å². The number of aliphatic hydroxyl groups is 3. The maximum Gasteiger partial charge on any atom is 0.231 e. The molecule has 0 aromatic heterocycles. The minimum atomic E-state index is -1.37. The predicted molar refractivity (Wildman–Crippen MR) is 78.7 cm³/mol. The first-order chi connectivity index (χ1) is 10.1. The Morgan fingerprint density at radius 2 is 1.57 bits per heavy atom. The van der Waals surface area contributed by atoms with E-state index in [1.54, 1.807) is 0 Å². The molecule has 1 amide bonds. The van der Waals surface area contributed by atoms with Crippen molar-refractivity contribution < 1.29 is 20.1 Å². The lowest BCUT2D eigenvalue weighted by Crippen LogP contribution is -2.60. The summed E-state index contributed by atoms with van der Waals surface area (Å²) in [4.78, 5) is 12.8. The van der Waals surface area contributed by atoms with Gasteiger partial charge in [-0.2, -0.15) is 0 Å². The molecule has 0 spiro atoms. The van der Waals surface area contributed by atoms with Gasteiger partial charge in [-0.15, -0.1) is 0 Å². The number of carbonyl (C=O) groups is 1. The molecule has 1 aromatic carbocycles. The molecule has 1 aliphatic carbocycles. The summed E-state index contributed by atoms with van der Waals surface area (Å²) in [7, 11) is 0. The van der Waals surface area contributed by atoms with Crippen LogP contribution in [-0.4, -0.2) is 46.6 Å². The van der Waals surface area contributed by atoms with Gasteiger partial charge in [-0.25, -0.2) is 0 Å². The topological polar surface area (TPSA) is 89.8 Å². The number of nitrogens with one attached hydrogen (secondary N) is 1. The van der Waals surface area contributed by atoms with Gasteiger partial charge in [0.2, 0.25) is 5.91 Å².